The third-order valence-electron chi connectivity index (χ3n) is 10.2. The first kappa shape index (κ1) is 54.9. The monoisotopic (exact) mass is 924 g/mol. The first-order chi connectivity index (χ1) is 31.2. The third-order valence-corrected chi connectivity index (χ3v) is 10.2. The van der Waals surface area contributed by atoms with Crippen LogP contribution in [0, 0.1) is 5.92 Å². The Labute approximate surface area is 381 Å². The number of hydrogen-bond donors (Lipinski definition) is 11. The van der Waals surface area contributed by atoms with Gasteiger partial charge in [0.25, 0.3) is 0 Å². The van der Waals surface area contributed by atoms with Crippen LogP contribution in [-0.2, 0) is 65.6 Å². The molecule has 66 heavy (non-hydrogen) atoms. The van der Waals surface area contributed by atoms with E-state index in [1.54, 1.807) is 74.5 Å². The summed E-state index contributed by atoms with van der Waals surface area (Å²) in [4.78, 5) is 139. The third kappa shape index (κ3) is 20.5. The molecule has 360 valence electrons. The molecule has 0 aliphatic heterocycles. The predicted octanol–water partition coefficient (Wildman–Crippen LogP) is -1.32. The van der Waals surface area contributed by atoms with Crippen LogP contribution in [0.5, 0.6) is 0 Å². The van der Waals surface area contributed by atoms with Crippen LogP contribution in [-0.4, -0.2) is 130 Å². The van der Waals surface area contributed by atoms with Crippen LogP contribution in [0.25, 0.3) is 0 Å². The number of carboxylic acid groups (broad SMARTS) is 3. The van der Waals surface area contributed by atoms with Gasteiger partial charge in [0, 0.05) is 32.1 Å². The Balaban J connectivity index is 2.33. The highest BCUT2D eigenvalue weighted by Gasteiger charge is 2.33. The SMILES string of the molecule is CCC(C)C(NC(=O)C(N)CCC(=O)O)C(=O)NC(Cc1ccccc1)C(=O)NCC(=O)NC(CCC(=O)O)C(=O)NC(Cc1ccccc1)C(=O)NC(CCC(=O)O)C(=O)NC(C)C=O. The smallest absolute Gasteiger partial charge is 0.303 e. The van der Waals surface area contributed by atoms with Crippen molar-refractivity contribution in [1.29, 1.82) is 0 Å². The minimum Gasteiger partial charge on any atom is -0.481 e. The number of hydrogen-bond acceptors (Lipinski definition) is 12. The fraction of sp³-hybridized carbons (Fsp3) is 0.477. The Kier molecular flexibility index (Phi) is 23.7. The Hall–Kier alpha value is -7.23. The maximum absolute atomic E-state index is 13.8. The van der Waals surface area contributed by atoms with Gasteiger partial charge in [0.15, 0.2) is 0 Å². The summed E-state index contributed by atoms with van der Waals surface area (Å²) in [6, 6.07) is 7.48. The average Bonchev–Trinajstić information content (AvgIpc) is 3.28. The van der Waals surface area contributed by atoms with Crippen molar-refractivity contribution < 1.29 is 68.1 Å². The van der Waals surface area contributed by atoms with Gasteiger partial charge in [-0.1, -0.05) is 80.9 Å². The van der Waals surface area contributed by atoms with Crippen LogP contribution in [0.4, 0.5) is 0 Å². The van der Waals surface area contributed by atoms with Crippen molar-refractivity contribution in [1.82, 2.24) is 37.2 Å². The van der Waals surface area contributed by atoms with E-state index in [0.717, 1.165) is 0 Å². The van der Waals surface area contributed by atoms with E-state index in [1.165, 1.54) is 6.92 Å². The summed E-state index contributed by atoms with van der Waals surface area (Å²) >= 11 is 0. The fourth-order valence-corrected chi connectivity index (χ4v) is 6.26. The molecule has 0 fully saturated rings. The second-order valence-corrected chi connectivity index (χ2v) is 15.6. The summed E-state index contributed by atoms with van der Waals surface area (Å²) in [5, 5.41) is 44.9. The summed E-state index contributed by atoms with van der Waals surface area (Å²) in [6.45, 7) is 4.01. The van der Waals surface area contributed by atoms with Gasteiger partial charge in [-0.3, -0.25) is 47.9 Å². The van der Waals surface area contributed by atoms with E-state index < -0.39 is 133 Å². The summed E-state index contributed by atoms with van der Waals surface area (Å²) in [7, 11) is 0. The molecule has 22 nitrogen and oxygen atoms in total. The van der Waals surface area contributed by atoms with Crippen molar-refractivity contribution in [3.8, 4) is 0 Å². The molecular weight excluding hydrogens is 865 g/mol. The molecule has 8 atom stereocenters. The number of aliphatic carboxylic acids is 3. The zero-order chi connectivity index (χ0) is 49.3. The molecule has 0 bridgehead atoms. The lowest BCUT2D eigenvalue weighted by Gasteiger charge is -2.27. The zero-order valence-electron chi connectivity index (χ0n) is 37.0. The molecule has 8 unspecified atom stereocenters. The molecule has 2 aromatic carbocycles. The molecule has 0 aromatic heterocycles. The molecule has 2 aromatic rings. The standard InChI is InChI=1S/C44H60N8O14/c1-4-25(2)38(52-39(61)29(45)15-18-35(55)56)44(66)51-32(21-27-11-7-5-8-12-27)40(62)46-23-34(54)48-30(16-19-36(57)58)42(64)50-33(22-28-13-9-6-10-14-28)43(65)49-31(17-20-37(59)60)41(63)47-26(3)24-53/h5-14,24-26,29-33,38H,4,15-23,45H2,1-3H3,(H,46,62)(H,47,63)(H,48,54)(H,49,65)(H,50,64)(H,51,66)(H,52,61)(H,55,56)(H,57,58)(H,59,60). The van der Waals surface area contributed by atoms with E-state index in [0.29, 0.717) is 23.8 Å². The van der Waals surface area contributed by atoms with Gasteiger partial charge in [0.05, 0.1) is 18.6 Å². The van der Waals surface area contributed by atoms with Gasteiger partial charge in [0.2, 0.25) is 41.4 Å². The van der Waals surface area contributed by atoms with E-state index >= 15 is 0 Å². The number of aldehydes is 1. The molecule has 0 spiro atoms. The maximum atomic E-state index is 13.8. The highest BCUT2D eigenvalue weighted by molar-refractivity contribution is 5.97. The second kappa shape index (κ2) is 28.5. The topological polar surface area (TPSA) is 359 Å². The molecule has 0 saturated carbocycles. The molecule has 0 aliphatic carbocycles. The van der Waals surface area contributed by atoms with Gasteiger partial charge < -0.3 is 63.1 Å². The first-order valence-electron chi connectivity index (χ1n) is 21.3. The largest absolute Gasteiger partial charge is 0.481 e. The van der Waals surface area contributed by atoms with Crippen LogP contribution >= 0.6 is 0 Å². The van der Waals surface area contributed by atoms with Gasteiger partial charge in [-0.15, -0.1) is 0 Å². The fourth-order valence-electron chi connectivity index (χ4n) is 6.26. The normalized spacial score (nSPS) is 14.4. The van der Waals surface area contributed by atoms with Gasteiger partial charge in [-0.25, -0.2) is 0 Å². The van der Waals surface area contributed by atoms with Crippen LogP contribution in [0.1, 0.15) is 76.8 Å². The van der Waals surface area contributed by atoms with Gasteiger partial charge in [-0.2, -0.15) is 0 Å². The van der Waals surface area contributed by atoms with Crippen LogP contribution < -0.4 is 43.0 Å². The zero-order valence-corrected chi connectivity index (χ0v) is 37.0. The van der Waals surface area contributed by atoms with Crippen molar-refractivity contribution >= 4 is 65.5 Å². The maximum Gasteiger partial charge on any atom is 0.303 e. The van der Waals surface area contributed by atoms with Crippen LogP contribution in [0.3, 0.4) is 0 Å². The molecule has 22 heteroatoms. The number of nitrogens with one attached hydrogen (secondary N) is 7. The van der Waals surface area contributed by atoms with Gasteiger partial charge in [0.1, 0.15) is 36.5 Å². The lowest BCUT2D eigenvalue weighted by molar-refractivity contribution is -0.139. The van der Waals surface area contributed by atoms with Gasteiger partial charge in [-0.05, 0) is 43.2 Å². The van der Waals surface area contributed by atoms with E-state index in [2.05, 4.69) is 37.2 Å². The molecule has 12 N–H and O–H groups in total. The minimum atomic E-state index is -1.60. The van der Waals surface area contributed by atoms with Gasteiger partial charge >= 0.3 is 17.9 Å². The Bertz CT molecular complexity index is 2000. The molecular formula is C44H60N8O14. The number of benzene rings is 2. The quantitative estimate of drug-likeness (QED) is 0.0405. The van der Waals surface area contributed by atoms with Crippen molar-refractivity contribution in [3.05, 3.63) is 71.8 Å². The number of carboxylic acids is 3. The van der Waals surface area contributed by atoms with Crippen LogP contribution in [0.2, 0.25) is 0 Å². The van der Waals surface area contributed by atoms with E-state index in [9.17, 15) is 63.0 Å². The molecule has 0 aliphatic rings. The van der Waals surface area contributed by atoms with E-state index in [1.807, 2.05) is 0 Å². The molecule has 0 heterocycles. The molecule has 7 amide bonds. The highest BCUT2D eigenvalue weighted by Crippen LogP contribution is 2.12. The lowest BCUT2D eigenvalue weighted by atomic mass is 9.96. The average molecular weight is 925 g/mol. The van der Waals surface area contributed by atoms with E-state index in [4.69, 9.17) is 10.8 Å². The van der Waals surface area contributed by atoms with E-state index in [-0.39, 0.29) is 32.1 Å². The first-order valence-corrected chi connectivity index (χ1v) is 21.3. The summed E-state index contributed by atoms with van der Waals surface area (Å²) in [5.41, 5.74) is 7.01. The Morgan fingerprint density at radius 1 is 0.545 bits per heavy atom. The van der Waals surface area contributed by atoms with Crippen molar-refractivity contribution in [3.63, 3.8) is 0 Å². The second-order valence-electron chi connectivity index (χ2n) is 15.6. The van der Waals surface area contributed by atoms with Crippen molar-refractivity contribution in [2.75, 3.05) is 6.54 Å². The number of carbonyl (C=O) groups excluding carboxylic acids is 8. The number of amides is 7. The van der Waals surface area contributed by atoms with Crippen LogP contribution in [0.15, 0.2) is 60.7 Å². The number of rotatable bonds is 30. The number of carbonyl (C=O) groups is 11. The Morgan fingerprint density at radius 3 is 1.45 bits per heavy atom. The highest BCUT2D eigenvalue weighted by atomic mass is 16.4. The molecule has 0 saturated heterocycles. The summed E-state index contributed by atoms with van der Waals surface area (Å²) in [6.07, 6.45) is -2.07. The number of nitrogens with two attached hydrogens (primary N) is 1. The minimum absolute atomic E-state index is 0.0806. The molecule has 2 rings (SSSR count). The van der Waals surface area contributed by atoms with Crippen molar-refractivity contribution in [2.24, 2.45) is 11.7 Å². The van der Waals surface area contributed by atoms with Crippen molar-refractivity contribution in [2.45, 2.75) is 121 Å². The Morgan fingerprint density at radius 2 is 0.970 bits per heavy atom. The summed E-state index contributed by atoms with van der Waals surface area (Å²) < 4.78 is 0. The predicted molar refractivity (Wildman–Crippen MR) is 235 cm³/mol. The molecule has 0 radical (unpaired) electrons. The lowest BCUT2D eigenvalue weighted by Crippen LogP contribution is -2.59. The summed E-state index contributed by atoms with van der Waals surface area (Å²) in [5.74, 6) is -10.5.